The zero-order valence-corrected chi connectivity index (χ0v) is 47.9. The number of rotatable bonds is 46. The molecule has 12 N–H and O–H groups in total. The maximum Gasteiger partial charge on any atom is 0.220 e. The minimum atomic E-state index is -1.97. The summed E-state index contributed by atoms with van der Waals surface area (Å²) in [6.07, 6.45) is 16.8. The number of unbranched alkanes of at least 4 members (excludes halogenated alkanes) is 30. The molecule has 19 heteroatoms. The fraction of sp³-hybridized carbons (Fsp3) is 0.949. The number of carbonyl (C=O) groups is 1. The summed E-state index contributed by atoms with van der Waals surface area (Å²) in [6, 6.07) is -0.965. The SMILES string of the molecule is CCCCCCCCCCCCCCCCCCCCCCCCCC/C=C/C(O)C(COC1OC(CO)C(OC2OC(CO)C(OC3OC(CO)C(O)C(O)C3O)C(O)C2O)C(O)C1O)NC(=O)CCCCCCCCC. The molecular weight excluding hydrogens is 1010 g/mol. The quantitative estimate of drug-likeness (QED) is 0.0254. The van der Waals surface area contributed by atoms with Crippen LogP contribution in [0.5, 0.6) is 0 Å². The molecule has 78 heavy (non-hydrogen) atoms. The van der Waals surface area contributed by atoms with Crippen molar-refractivity contribution in [3.8, 4) is 0 Å². The van der Waals surface area contributed by atoms with Gasteiger partial charge in [0.15, 0.2) is 18.9 Å². The Morgan fingerprint density at radius 2 is 0.795 bits per heavy atom. The highest BCUT2D eigenvalue weighted by Gasteiger charge is 2.53. The van der Waals surface area contributed by atoms with E-state index in [2.05, 4.69) is 19.2 Å². The van der Waals surface area contributed by atoms with Crippen molar-refractivity contribution >= 4 is 5.91 Å². The number of amides is 1. The number of ether oxygens (including phenoxy) is 6. The van der Waals surface area contributed by atoms with E-state index < -0.39 is 124 Å². The molecule has 3 rings (SSSR count). The maximum atomic E-state index is 13.2. The molecule has 0 saturated carbocycles. The van der Waals surface area contributed by atoms with E-state index in [1.165, 1.54) is 141 Å². The largest absolute Gasteiger partial charge is 0.394 e. The van der Waals surface area contributed by atoms with E-state index in [-0.39, 0.29) is 18.9 Å². The Kier molecular flexibility index (Phi) is 39.2. The van der Waals surface area contributed by atoms with E-state index in [9.17, 15) is 61.0 Å². The molecule has 0 aromatic rings. The van der Waals surface area contributed by atoms with E-state index in [4.69, 9.17) is 28.4 Å². The Morgan fingerprint density at radius 3 is 1.21 bits per heavy atom. The molecule has 0 spiro atoms. The summed E-state index contributed by atoms with van der Waals surface area (Å²) in [5.41, 5.74) is 0. The predicted molar refractivity (Wildman–Crippen MR) is 296 cm³/mol. The van der Waals surface area contributed by atoms with Gasteiger partial charge in [-0.2, -0.15) is 0 Å². The topological polar surface area (TPSA) is 307 Å². The van der Waals surface area contributed by atoms with Crippen LogP contribution in [-0.2, 0) is 33.2 Å². The molecule has 3 aliphatic heterocycles. The summed E-state index contributed by atoms with van der Waals surface area (Å²) in [4.78, 5) is 13.2. The monoisotopic (exact) mass is 1120 g/mol. The Labute approximate surface area is 467 Å². The number of hydrogen-bond acceptors (Lipinski definition) is 18. The van der Waals surface area contributed by atoms with Crippen molar-refractivity contribution in [3.05, 3.63) is 12.2 Å². The molecule has 19 nitrogen and oxygen atoms in total. The van der Waals surface area contributed by atoms with Gasteiger partial charge >= 0.3 is 0 Å². The van der Waals surface area contributed by atoms with E-state index in [1.54, 1.807) is 6.08 Å². The van der Waals surface area contributed by atoms with Crippen LogP contribution in [0.3, 0.4) is 0 Å². The van der Waals surface area contributed by atoms with Crippen LogP contribution in [0.1, 0.15) is 226 Å². The minimum Gasteiger partial charge on any atom is -0.394 e. The number of aliphatic hydroxyl groups excluding tert-OH is 11. The molecule has 17 atom stereocenters. The van der Waals surface area contributed by atoms with Crippen LogP contribution in [0.15, 0.2) is 12.2 Å². The van der Waals surface area contributed by atoms with Crippen molar-refractivity contribution in [3.63, 3.8) is 0 Å². The minimum absolute atomic E-state index is 0.245. The van der Waals surface area contributed by atoms with Crippen LogP contribution in [-0.4, -0.2) is 193 Å². The average molecular weight is 1120 g/mol. The van der Waals surface area contributed by atoms with E-state index >= 15 is 0 Å². The molecule has 3 fully saturated rings. The van der Waals surface area contributed by atoms with Crippen LogP contribution in [0.4, 0.5) is 0 Å². The molecule has 3 saturated heterocycles. The van der Waals surface area contributed by atoms with E-state index in [0.717, 1.165) is 57.8 Å². The fourth-order valence-corrected chi connectivity index (χ4v) is 10.7. The van der Waals surface area contributed by atoms with Crippen molar-refractivity contribution in [1.82, 2.24) is 5.32 Å². The first-order chi connectivity index (χ1) is 37.8. The molecule has 0 bridgehead atoms. The smallest absolute Gasteiger partial charge is 0.220 e. The summed E-state index contributed by atoms with van der Waals surface area (Å²) in [6.45, 7) is 1.68. The lowest BCUT2D eigenvalue weighted by molar-refractivity contribution is -0.379. The number of hydrogen-bond donors (Lipinski definition) is 12. The Hall–Kier alpha value is -1.47. The van der Waals surface area contributed by atoms with Crippen LogP contribution < -0.4 is 5.32 Å². The zero-order chi connectivity index (χ0) is 56.9. The summed E-state index contributed by atoms with van der Waals surface area (Å²) < 4.78 is 34.2. The van der Waals surface area contributed by atoms with Crippen molar-refractivity contribution in [2.24, 2.45) is 0 Å². The van der Waals surface area contributed by atoms with Gasteiger partial charge in [0, 0.05) is 6.42 Å². The van der Waals surface area contributed by atoms with Crippen LogP contribution in [0.2, 0.25) is 0 Å². The molecule has 0 radical (unpaired) electrons. The van der Waals surface area contributed by atoms with Gasteiger partial charge in [0.05, 0.1) is 38.6 Å². The maximum absolute atomic E-state index is 13.2. The molecule has 0 aromatic carbocycles. The lowest BCUT2D eigenvalue weighted by atomic mass is 9.96. The van der Waals surface area contributed by atoms with Gasteiger partial charge in [0.2, 0.25) is 5.91 Å². The number of nitrogens with one attached hydrogen (secondary N) is 1. The highest BCUT2D eigenvalue weighted by molar-refractivity contribution is 5.76. The molecule has 3 heterocycles. The van der Waals surface area contributed by atoms with E-state index in [0.29, 0.717) is 6.42 Å². The molecule has 0 aromatic heterocycles. The molecule has 17 unspecified atom stereocenters. The van der Waals surface area contributed by atoms with Crippen molar-refractivity contribution < 1.29 is 89.4 Å². The van der Waals surface area contributed by atoms with Crippen LogP contribution in [0, 0.1) is 0 Å². The van der Waals surface area contributed by atoms with Gasteiger partial charge in [-0.15, -0.1) is 0 Å². The summed E-state index contributed by atoms with van der Waals surface area (Å²) in [7, 11) is 0. The third kappa shape index (κ3) is 26.8. The molecule has 0 aliphatic carbocycles. The lowest BCUT2D eigenvalue weighted by Crippen LogP contribution is -2.66. The van der Waals surface area contributed by atoms with E-state index in [1.807, 2.05) is 6.08 Å². The first-order valence-corrected chi connectivity index (χ1v) is 30.9. The normalized spacial score (nSPS) is 30.5. The van der Waals surface area contributed by atoms with Gasteiger partial charge in [0.1, 0.15) is 73.2 Å². The van der Waals surface area contributed by atoms with Crippen LogP contribution in [0.25, 0.3) is 0 Å². The lowest BCUT2D eigenvalue weighted by Gasteiger charge is -2.48. The first-order valence-electron chi connectivity index (χ1n) is 30.9. The van der Waals surface area contributed by atoms with Gasteiger partial charge in [0.25, 0.3) is 0 Å². The third-order valence-corrected chi connectivity index (χ3v) is 15.8. The Morgan fingerprint density at radius 1 is 0.449 bits per heavy atom. The van der Waals surface area contributed by atoms with Gasteiger partial charge in [-0.05, 0) is 19.3 Å². The highest BCUT2D eigenvalue weighted by atomic mass is 16.8. The molecule has 3 aliphatic rings. The second kappa shape index (κ2) is 43.2. The van der Waals surface area contributed by atoms with Crippen molar-refractivity contribution in [2.75, 3.05) is 26.4 Å². The highest BCUT2D eigenvalue weighted by Crippen LogP contribution is 2.33. The molecular formula is C59H111NO18. The average Bonchev–Trinajstić information content (AvgIpc) is 3.47. The van der Waals surface area contributed by atoms with Gasteiger partial charge in [-0.3, -0.25) is 4.79 Å². The molecule has 1 amide bonds. The third-order valence-electron chi connectivity index (χ3n) is 15.8. The van der Waals surface area contributed by atoms with Gasteiger partial charge in [-0.25, -0.2) is 0 Å². The zero-order valence-electron chi connectivity index (χ0n) is 47.9. The second-order valence-corrected chi connectivity index (χ2v) is 22.5. The first kappa shape index (κ1) is 70.8. The van der Waals surface area contributed by atoms with Crippen LogP contribution >= 0.6 is 0 Å². The Bertz CT molecular complexity index is 1480. The summed E-state index contributed by atoms with van der Waals surface area (Å²) in [5.74, 6) is -0.281. The fourth-order valence-electron chi connectivity index (χ4n) is 10.7. The Balaban J connectivity index is 1.41. The standard InChI is InChI=1S/C59H111NO18/c1-3-5-7-9-11-12-13-14-15-16-17-18-19-20-21-22-23-24-25-26-27-28-29-31-32-34-36-43(64)42(60-47(65)37-35-33-30-10-8-6-4-2)41-73-57-53(71)50(68)55(45(39-62)75-57)78-59-54(72)51(69)56(46(40-63)76-59)77-58-52(70)49(67)48(66)44(38-61)74-58/h34,36,42-46,48-59,61-64,66-72H,3-33,35,37-41H2,1-2H3,(H,60,65)/b36-34+. The van der Waals surface area contributed by atoms with Crippen molar-refractivity contribution in [1.29, 1.82) is 0 Å². The van der Waals surface area contributed by atoms with Gasteiger partial charge in [-0.1, -0.05) is 212 Å². The van der Waals surface area contributed by atoms with Gasteiger partial charge < -0.3 is 89.9 Å². The predicted octanol–water partition coefficient (Wildman–Crippen LogP) is 5.77. The molecule has 460 valence electrons. The summed E-state index contributed by atoms with van der Waals surface area (Å²) >= 11 is 0. The summed E-state index contributed by atoms with van der Waals surface area (Å²) in [5, 5.41) is 120. The number of carbonyl (C=O) groups excluding carboxylic acids is 1. The number of allylic oxidation sites excluding steroid dienone is 1. The second-order valence-electron chi connectivity index (χ2n) is 22.5. The van der Waals surface area contributed by atoms with Crippen molar-refractivity contribution in [2.45, 2.75) is 330 Å². The number of aliphatic hydroxyl groups is 11.